The van der Waals surface area contributed by atoms with Gasteiger partial charge in [-0.05, 0) is 86.6 Å². The molecule has 0 atom stereocenters. The van der Waals surface area contributed by atoms with E-state index in [1.54, 1.807) is 12.2 Å². The molecule has 9 rings (SSSR count). The molecule has 0 bridgehead atoms. The van der Waals surface area contributed by atoms with E-state index in [4.69, 9.17) is 15.0 Å². The molecular weight excluding hydrogens is 705 g/mol. The molecule has 58 heavy (non-hydrogen) atoms. The highest BCUT2D eigenvalue weighted by atomic mass is 14.8. The first-order valence-corrected chi connectivity index (χ1v) is 19.1. The summed E-state index contributed by atoms with van der Waals surface area (Å²) in [4.78, 5) is 15.5. The quantitative estimate of drug-likeness (QED) is 0.148. The van der Waals surface area contributed by atoms with Gasteiger partial charge in [-0.3, -0.25) is 0 Å². The van der Waals surface area contributed by atoms with Gasteiger partial charge in [0.25, 0.3) is 0 Å². The third kappa shape index (κ3) is 6.90. The minimum absolute atomic E-state index is 0.624. The second-order valence-electron chi connectivity index (χ2n) is 14.0. The van der Waals surface area contributed by atoms with Crippen LogP contribution in [0.1, 0.15) is 17.0 Å². The normalized spacial score (nSPS) is 10.9. The molecule has 0 aliphatic carbocycles. The minimum atomic E-state index is 0.624. The zero-order valence-corrected chi connectivity index (χ0v) is 31.7. The molecule has 7 aromatic carbocycles. The molecule has 9 aromatic rings. The van der Waals surface area contributed by atoms with Gasteiger partial charge in [-0.2, -0.15) is 5.26 Å². The lowest BCUT2D eigenvalue weighted by molar-refractivity contribution is 1.17. The van der Waals surface area contributed by atoms with E-state index in [9.17, 15) is 5.26 Å². The number of rotatable bonds is 9. The van der Waals surface area contributed by atoms with Crippen LogP contribution in [0.3, 0.4) is 0 Å². The smallest absolute Gasteiger partial charge is 0.0991 e. The van der Waals surface area contributed by atoms with E-state index < -0.39 is 0 Å². The van der Waals surface area contributed by atoms with Gasteiger partial charge in [0, 0.05) is 22.3 Å². The lowest BCUT2D eigenvalue weighted by Gasteiger charge is -2.16. The predicted octanol–water partition coefficient (Wildman–Crippen LogP) is 13.9. The Labute approximate surface area is 338 Å². The maximum absolute atomic E-state index is 9.46. The molecule has 2 heterocycles. The van der Waals surface area contributed by atoms with E-state index in [2.05, 4.69) is 165 Å². The largest absolute Gasteiger partial charge is 0.248 e. The van der Waals surface area contributed by atoms with Gasteiger partial charge in [0.05, 0.1) is 45.8 Å². The van der Waals surface area contributed by atoms with Gasteiger partial charge in [-0.1, -0.05) is 165 Å². The van der Waals surface area contributed by atoms with Crippen molar-refractivity contribution in [3.05, 3.63) is 212 Å². The zero-order chi connectivity index (χ0) is 39.4. The van der Waals surface area contributed by atoms with E-state index in [1.807, 2.05) is 36.4 Å². The number of hydrogen-bond acceptors (Lipinski definition) is 4. The predicted molar refractivity (Wildman–Crippen MR) is 240 cm³/mol. The molecule has 0 fully saturated rings. The van der Waals surface area contributed by atoms with Gasteiger partial charge in [-0.15, -0.1) is 0 Å². The lowest BCUT2D eigenvalue weighted by Crippen LogP contribution is -2.00. The molecule has 272 valence electrons. The van der Waals surface area contributed by atoms with Crippen LogP contribution in [0.15, 0.2) is 195 Å². The lowest BCUT2D eigenvalue weighted by atomic mass is 9.91. The first-order chi connectivity index (χ1) is 28.6. The second kappa shape index (κ2) is 15.6. The summed E-state index contributed by atoms with van der Waals surface area (Å²) in [7, 11) is 0. The van der Waals surface area contributed by atoms with Crippen molar-refractivity contribution in [2.24, 2.45) is 0 Å². The number of pyridine rings is 1. The summed E-state index contributed by atoms with van der Waals surface area (Å²) in [5, 5.41) is 11.6. The second-order valence-corrected chi connectivity index (χ2v) is 14.0. The van der Waals surface area contributed by atoms with Crippen LogP contribution in [0.25, 0.3) is 101 Å². The molecule has 0 aliphatic rings. The van der Waals surface area contributed by atoms with Crippen molar-refractivity contribution in [1.82, 2.24) is 15.0 Å². The van der Waals surface area contributed by atoms with E-state index in [0.717, 1.165) is 89.2 Å². The van der Waals surface area contributed by atoms with Crippen LogP contribution in [0.2, 0.25) is 0 Å². The van der Waals surface area contributed by atoms with Crippen LogP contribution in [0, 0.1) is 11.3 Å². The van der Waals surface area contributed by atoms with Gasteiger partial charge in [-0.25, -0.2) is 15.0 Å². The number of nitriles is 1. The highest BCUT2D eigenvalue weighted by Crippen LogP contribution is 2.40. The molecule has 0 saturated heterocycles. The zero-order valence-electron chi connectivity index (χ0n) is 31.7. The molecule has 4 nitrogen and oxygen atoms in total. The van der Waals surface area contributed by atoms with Gasteiger partial charge < -0.3 is 0 Å². The maximum Gasteiger partial charge on any atom is 0.0991 e. The van der Waals surface area contributed by atoms with E-state index in [0.29, 0.717) is 17.0 Å². The fraction of sp³-hybridized carbons (Fsp3) is 0. The fourth-order valence-electron chi connectivity index (χ4n) is 7.58. The molecule has 0 radical (unpaired) electrons. The summed E-state index contributed by atoms with van der Waals surface area (Å²) in [5.41, 5.74) is 15.7. The molecule has 0 amide bonds. The third-order valence-corrected chi connectivity index (χ3v) is 10.5. The average Bonchev–Trinajstić information content (AvgIpc) is 3.31. The van der Waals surface area contributed by atoms with Crippen molar-refractivity contribution < 1.29 is 0 Å². The van der Waals surface area contributed by atoms with Gasteiger partial charge >= 0.3 is 0 Å². The van der Waals surface area contributed by atoms with Crippen LogP contribution in [0.5, 0.6) is 0 Å². The van der Waals surface area contributed by atoms with Crippen LogP contribution in [-0.2, 0) is 0 Å². The summed E-state index contributed by atoms with van der Waals surface area (Å²) in [5.74, 6) is 0. The number of benzene rings is 7. The highest BCUT2D eigenvalue weighted by molar-refractivity contribution is 6.06. The summed E-state index contributed by atoms with van der Waals surface area (Å²) in [6.45, 7) is 8.08. The van der Waals surface area contributed by atoms with Crippen molar-refractivity contribution in [2.75, 3.05) is 0 Å². The number of fused-ring (bicyclic) bond motifs is 1. The van der Waals surface area contributed by atoms with Gasteiger partial charge in [0.15, 0.2) is 0 Å². The standard InChI is InChI=1S/C54H36N4/c1-3-49-50(4-2)58-54(53(57-49)40-27-25-38(26-28-40)41-20-13-15-36(31-41)35-55)48-30-29-45(46-23-11-12-24-47(46)48)42-21-14-22-43(32-42)52-34-44(37-16-7-5-8-17-37)33-51(56-52)39-18-9-6-10-19-39/h3-34H,1-2H2. The summed E-state index contributed by atoms with van der Waals surface area (Å²) < 4.78 is 0. The molecule has 0 aliphatic heterocycles. The number of hydrogen-bond donors (Lipinski definition) is 0. The Bertz CT molecular complexity index is 2970. The number of aromatic nitrogens is 3. The Morgan fingerprint density at radius 2 is 0.897 bits per heavy atom. The van der Waals surface area contributed by atoms with E-state index in [-0.39, 0.29) is 0 Å². The monoisotopic (exact) mass is 740 g/mol. The fourth-order valence-corrected chi connectivity index (χ4v) is 7.58. The first-order valence-electron chi connectivity index (χ1n) is 19.1. The van der Waals surface area contributed by atoms with Gasteiger partial charge in [0.1, 0.15) is 0 Å². The van der Waals surface area contributed by atoms with Crippen molar-refractivity contribution in [2.45, 2.75) is 0 Å². The van der Waals surface area contributed by atoms with Crippen LogP contribution >= 0.6 is 0 Å². The highest BCUT2D eigenvalue weighted by Gasteiger charge is 2.19. The Kier molecular flexibility index (Phi) is 9.61. The first kappa shape index (κ1) is 35.7. The average molecular weight is 741 g/mol. The summed E-state index contributed by atoms with van der Waals surface area (Å²) in [6, 6.07) is 64.8. The van der Waals surface area contributed by atoms with Crippen molar-refractivity contribution in [3.8, 4) is 84.5 Å². The third-order valence-electron chi connectivity index (χ3n) is 10.5. The Morgan fingerprint density at radius 1 is 0.379 bits per heavy atom. The molecule has 0 spiro atoms. The van der Waals surface area contributed by atoms with Crippen molar-refractivity contribution in [3.63, 3.8) is 0 Å². The molecule has 0 saturated carbocycles. The van der Waals surface area contributed by atoms with E-state index >= 15 is 0 Å². The van der Waals surface area contributed by atoms with Gasteiger partial charge in [0.2, 0.25) is 0 Å². The van der Waals surface area contributed by atoms with Crippen LogP contribution in [0.4, 0.5) is 0 Å². The van der Waals surface area contributed by atoms with Crippen LogP contribution < -0.4 is 0 Å². The topological polar surface area (TPSA) is 62.5 Å². The SMILES string of the molecule is C=Cc1nc(-c2ccc(-c3cccc(C#N)c3)cc2)c(-c2ccc(-c3cccc(-c4cc(-c5ccccc5)cc(-c5ccccc5)n4)c3)c3ccccc23)nc1C=C. The van der Waals surface area contributed by atoms with Crippen molar-refractivity contribution >= 4 is 22.9 Å². The van der Waals surface area contributed by atoms with E-state index in [1.165, 1.54) is 0 Å². The molecule has 2 aromatic heterocycles. The molecular formula is C54H36N4. The Morgan fingerprint density at radius 3 is 1.59 bits per heavy atom. The Hall–Kier alpha value is -8.00. The molecule has 0 unspecified atom stereocenters. The Balaban J connectivity index is 1.16. The summed E-state index contributed by atoms with van der Waals surface area (Å²) >= 11 is 0. The number of nitrogens with zero attached hydrogens (tertiary/aromatic N) is 4. The minimum Gasteiger partial charge on any atom is -0.248 e. The molecule has 4 heteroatoms. The van der Waals surface area contributed by atoms with Crippen LogP contribution in [-0.4, -0.2) is 15.0 Å². The summed E-state index contributed by atoms with van der Waals surface area (Å²) in [6.07, 6.45) is 3.45. The maximum atomic E-state index is 9.46. The van der Waals surface area contributed by atoms with Crippen molar-refractivity contribution in [1.29, 1.82) is 5.26 Å². The molecule has 0 N–H and O–H groups in total.